The molecule has 0 N–H and O–H groups in total. The Hall–Kier alpha value is -1.48. The van der Waals surface area contributed by atoms with E-state index in [1.54, 1.807) is 0 Å². The molecule has 19 heavy (non-hydrogen) atoms. The van der Waals surface area contributed by atoms with Crippen molar-refractivity contribution in [1.82, 2.24) is 9.78 Å². The van der Waals surface area contributed by atoms with Gasteiger partial charge >= 0.3 is 0 Å². The molecule has 4 heteroatoms. The van der Waals surface area contributed by atoms with Crippen molar-refractivity contribution in [3.05, 3.63) is 40.7 Å². The summed E-state index contributed by atoms with van der Waals surface area (Å²) in [6.45, 7) is 2.66. The number of rotatable bonds is 3. The van der Waals surface area contributed by atoms with Gasteiger partial charge in [-0.3, -0.25) is 0 Å². The third kappa shape index (κ3) is 2.35. The van der Waals surface area contributed by atoms with Crippen LogP contribution in [0.25, 0.3) is 5.69 Å². The summed E-state index contributed by atoms with van der Waals surface area (Å²) in [5.74, 6) is 0.874. The largest absolute Gasteiger partial charge is 0.494 e. The zero-order valence-corrected chi connectivity index (χ0v) is 11.8. The van der Waals surface area contributed by atoms with Gasteiger partial charge in [0.2, 0.25) is 0 Å². The van der Waals surface area contributed by atoms with Crippen LogP contribution in [0.4, 0.5) is 0 Å². The Morgan fingerprint density at radius 3 is 2.63 bits per heavy atom. The summed E-state index contributed by atoms with van der Waals surface area (Å²) < 4.78 is 7.29. The molecular formula is C15H17ClN2O. The maximum atomic E-state index is 6.45. The lowest BCUT2D eigenvalue weighted by Gasteiger charge is -2.08. The predicted molar refractivity (Wildman–Crippen MR) is 76.4 cm³/mol. The third-order valence-electron chi connectivity index (χ3n) is 3.49. The van der Waals surface area contributed by atoms with Crippen molar-refractivity contribution in [2.45, 2.75) is 32.6 Å². The van der Waals surface area contributed by atoms with Crippen LogP contribution >= 0.6 is 11.6 Å². The quantitative estimate of drug-likeness (QED) is 0.852. The molecule has 0 fully saturated rings. The fourth-order valence-electron chi connectivity index (χ4n) is 2.54. The highest BCUT2D eigenvalue weighted by Crippen LogP contribution is 2.30. The summed E-state index contributed by atoms with van der Waals surface area (Å²) in [7, 11) is 0. The van der Waals surface area contributed by atoms with Crippen molar-refractivity contribution >= 4 is 11.6 Å². The summed E-state index contributed by atoms with van der Waals surface area (Å²) in [5.41, 5.74) is 3.37. The average Bonchev–Trinajstić information content (AvgIpc) is 2.78. The molecule has 0 saturated carbocycles. The zero-order valence-electron chi connectivity index (χ0n) is 11.0. The number of aromatic nitrogens is 2. The van der Waals surface area contributed by atoms with Crippen LogP contribution in [-0.2, 0) is 12.8 Å². The number of benzene rings is 1. The topological polar surface area (TPSA) is 27.1 Å². The summed E-state index contributed by atoms with van der Waals surface area (Å²) in [5, 5.41) is 5.40. The van der Waals surface area contributed by atoms with E-state index in [4.69, 9.17) is 16.3 Å². The Balaban J connectivity index is 1.95. The number of aryl methyl sites for hydroxylation is 1. The molecule has 1 aliphatic rings. The zero-order chi connectivity index (χ0) is 13.2. The van der Waals surface area contributed by atoms with E-state index < -0.39 is 0 Å². The van der Waals surface area contributed by atoms with Gasteiger partial charge in [0.1, 0.15) is 10.9 Å². The van der Waals surface area contributed by atoms with Gasteiger partial charge in [0.25, 0.3) is 0 Å². The molecule has 0 saturated heterocycles. The second kappa shape index (κ2) is 5.25. The van der Waals surface area contributed by atoms with Gasteiger partial charge < -0.3 is 4.74 Å². The van der Waals surface area contributed by atoms with E-state index in [1.807, 2.05) is 35.9 Å². The molecule has 0 amide bonds. The van der Waals surface area contributed by atoms with E-state index in [2.05, 4.69) is 5.10 Å². The van der Waals surface area contributed by atoms with E-state index in [0.29, 0.717) is 6.61 Å². The summed E-state index contributed by atoms with van der Waals surface area (Å²) in [6.07, 6.45) is 4.51. The number of fused-ring (bicyclic) bond motifs is 1. The lowest BCUT2D eigenvalue weighted by atomic mass is 9.99. The predicted octanol–water partition coefficient (Wildman–Crippen LogP) is 3.80. The molecule has 1 aliphatic carbocycles. The van der Waals surface area contributed by atoms with Gasteiger partial charge in [-0.05, 0) is 56.9 Å². The van der Waals surface area contributed by atoms with E-state index in [1.165, 1.54) is 18.4 Å². The van der Waals surface area contributed by atoms with Gasteiger partial charge in [-0.25, -0.2) is 4.68 Å². The average molecular weight is 277 g/mol. The minimum Gasteiger partial charge on any atom is -0.494 e. The van der Waals surface area contributed by atoms with Crippen LogP contribution < -0.4 is 4.74 Å². The normalized spacial score (nSPS) is 14.2. The highest BCUT2D eigenvalue weighted by atomic mass is 35.5. The third-order valence-corrected chi connectivity index (χ3v) is 3.87. The maximum absolute atomic E-state index is 6.45. The lowest BCUT2D eigenvalue weighted by Crippen LogP contribution is -2.00. The Morgan fingerprint density at radius 2 is 1.95 bits per heavy atom. The first-order chi connectivity index (χ1) is 9.29. The van der Waals surface area contributed by atoms with Crippen molar-refractivity contribution in [1.29, 1.82) is 0 Å². The number of hydrogen-bond acceptors (Lipinski definition) is 2. The van der Waals surface area contributed by atoms with E-state index in [0.717, 1.165) is 35.1 Å². The second-order valence-corrected chi connectivity index (χ2v) is 5.12. The van der Waals surface area contributed by atoms with Crippen LogP contribution in [0, 0.1) is 0 Å². The second-order valence-electron chi connectivity index (χ2n) is 4.76. The number of nitrogens with zero attached hydrogens (tertiary/aromatic N) is 2. The van der Waals surface area contributed by atoms with E-state index >= 15 is 0 Å². The van der Waals surface area contributed by atoms with E-state index in [-0.39, 0.29) is 0 Å². The molecule has 0 radical (unpaired) electrons. The van der Waals surface area contributed by atoms with Crippen molar-refractivity contribution in [3.8, 4) is 11.4 Å². The van der Waals surface area contributed by atoms with Crippen LogP contribution in [0.2, 0.25) is 5.15 Å². The molecule has 1 aromatic heterocycles. The van der Waals surface area contributed by atoms with Crippen LogP contribution in [0.5, 0.6) is 5.75 Å². The van der Waals surface area contributed by atoms with Crippen LogP contribution in [0.3, 0.4) is 0 Å². The van der Waals surface area contributed by atoms with Gasteiger partial charge in [-0.2, -0.15) is 5.10 Å². The van der Waals surface area contributed by atoms with Crippen molar-refractivity contribution < 1.29 is 4.74 Å². The number of ether oxygens (including phenoxy) is 1. The summed E-state index contributed by atoms with van der Waals surface area (Å²) in [4.78, 5) is 0. The van der Waals surface area contributed by atoms with Crippen molar-refractivity contribution in [3.63, 3.8) is 0 Å². The number of hydrogen-bond donors (Lipinski definition) is 0. The lowest BCUT2D eigenvalue weighted by molar-refractivity contribution is 0.340. The van der Waals surface area contributed by atoms with Crippen molar-refractivity contribution in [2.24, 2.45) is 0 Å². The van der Waals surface area contributed by atoms with E-state index in [9.17, 15) is 0 Å². The highest BCUT2D eigenvalue weighted by Gasteiger charge is 2.19. The SMILES string of the molecule is CCOc1ccc(-n2nc3c(c2Cl)CCCC3)cc1. The van der Waals surface area contributed by atoms with Gasteiger partial charge in [-0.1, -0.05) is 11.6 Å². The first-order valence-electron chi connectivity index (χ1n) is 6.79. The molecule has 3 nitrogen and oxygen atoms in total. The smallest absolute Gasteiger partial charge is 0.136 e. The van der Waals surface area contributed by atoms with Crippen LogP contribution in [-0.4, -0.2) is 16.4 Å². The fourth-order valence-corrected chi connectivity index (χ4v) is 2.87. The van der Waals surface area contributed by atoms with Gasteiger partial charge in [-0.15, -0.1) is 0 Å². The monoisotopic (exact) mass is 276 g/mol. The molecule has 0 spiro atoms. The first kappa shape index (κ1) is 12.5. The Morgan fingerprint density at radius 1 is 1.21 bits per heavy atom. The van der Waals surface area contributed by atoms with Crippen LogP contribution in [0.15, 0.2) is 24.3 Å². The molecule has 0 unspecified atom stereocenters. The van der Waals surface area contributed by atoms with Gasteiger partial charge in [0.05, 0.1) is 18.0 Å². The molecule has 0 atom stereocenters. The Kier molecular flexibility index (Phi) is 3.47. The number of halogens is 1. The molecule has 1 aromatic carbocycles. The summed E-state index contributed by atoms with van der Waals surface area (Å²) in [6, 6.07) is 7.90. The minimum atomic E-state index is 0.677. The van der Waals surface area contributed by atoms with Crippen molar-refractivity contribution in [2.75, 3.05) is 6.61 Å². The molecule has 0 bridgehead atoms. The Bertz CT molecular complexity index is 575. The van der Waals surface area contributed by atoms with Gasteiger partial charge in [0, 0.05) is 5.56 Å². The Labute approximate surface area is 118 Å². The van der Waals surface area contributed by atoms with Gasteiger partial charge in [0.15, 0.2) is 0 Å². The first-order valence-corrected chi connectivity index (χ1v) is 7.17. The standard InChI is InChI=1S/C15H17ClN2O/c1-2-19-12-9-7-11(8-10-12)18-15(16)13-5-3-4-6-14(13)17-18/h7-10H,2-6H2,1H3. The molecular weight excluding hydrogens is 260 g/mol. The molecule has 1 heterocycles. The fraction of sp³-hybridized carbons (Fsp3) is 0.400. The van der Waals surface area contributed by atoms with Crippen LogP contribution in [0.1, 0.15) is 31.0 Å². The highest BCUT2D eigenvalue weighted by molar-refractivity contribution is 6.30. The molecule has 0 aliphatic heterocycles. The molecule has 2 aromatic rings. The molecule has 3 rings (SSSR count). The summed E-state index contributed by atoms with van der Waals surface area (Å²) >= 11 is 6.45. The molecule has 100 valence electrons. The maximum Gasteiger partial charge on any atom is 0.136 e. The minimum absolute atomic E-state index is 0.677.